The highest BCUT2D eigenvalue weighted by Crippen LogP contribution is 2.28. The van der Waals surface area contributed by atoms with E-state index in [0.29, 0.717) is 5.82 Å². The molecule has 0 amide bonds. The van der Waals surface area contributed by atoms with Crippen molar-refractivity contribution in [3.8, 4) is 11.3 Å². The number of fused-ring (bicyclic) bond motifs is 1. The first-order valence-corrected chi connectivity index (χ1v) is 11.7. The topological polar surface area (TPSA) is 113 Å². The molecule has 4 aromatic rings. The molecule has 5 heterocycles. The Morgan fingerprint density at radius 2 is 2.00 bits per heavy atom. The Balaban J connectivity index is 0.00000126. The van der Waals surface area contributed by atoms with Crippen LogP contribution in [0, 0.1) is 6.92 Å². The van der Waals surface area contributed by atoms with E-state index in [-0.39, 0.29) is 6.54 Å². The summed E-state index contributed by atoms with van der Waals surface area (Å²) in [5.74, 6) is 0.694. The van der Waals surface area contributed by atoms with Crippen molar-refractivity contribution in [3.05, 3.63) is 42.2 Å². The Labute approximate surface area is 196 Å². The summed E-state index contributed by atoms with van der Waals surface area (Å²) in [5, 5.41) is 15.6. The number of carbonyl (C=O) groups is 1. The zero-order chi connectivity index (χ0) is 23.2. The molecule has 0 radical (unpaired) electrons. The standard InChI is InChI=1S/C21H24N8OS.CH4O/c1-15-12-29-18(16-10-23-28(13-16)7-8-30)11-22-21(29)20(24-15)25-19-9-17(26-31-19)14-27-5-3-2-4-6-27;1-2/h8-13H,2-7,14H2,1H3,(H,24,25);2H,1H3. The van der Waals surface area contributed by atoms with Crippen molar-refractivity contribution in [2.24, 2.45) is 0 Å². The average molecular weight is 469 g/mol. The van der Waals surface area contributed by atoms with Gasteiger partial charge in [0, 0.05) is 31.6 Å². The van der Waals surface area contributed by atoms with Gasteiger partial charge in [-0.2, -0.15) is 9.47 Å². The molecule has 11 heteroatoms. The van der Waals surface area contributed by atoms with Crippen LogP contribution in [0.5, 0.6) is 0 Å². The van der Waals surface area contributed by atoms with Crippen molar-refractivity contribution >= 4 is 34.3 Å². The average Bonchev–Trinajstić information content (AvgIpc) is 3.56. The van der Waals surface area contributed by atoms with Crippen LogP contribution in [0.25, 0.3) is 16.9 Å². The predicted octanol–water partition coefficient (Wildman–Crippen LogP) is 2.89. The Hall–Kier alpha value is -3.15. The third kappa shape index (κ3) is 5.27. The molecule has 1 fully saturated rings. The minimum absolute atomic E-state index is 0.231. The first-order valence-electron chi connectivity index (χ1n) is 10.9. The molecule has 0 unspecified atom stereocenters. The van der Waals surface area contributed by atoms with Gasteiger partial charge in [-0.3, -0.25) is 14.0 Å². The lowest BCUT2D eigenvalue weighted by atomic mass is 10.1. The van der Waals surface area contributed by atoms with E-state index in [1.54, 1.807) is 17.1 Å². The Morgan fingerprint density at radius 3 is 2.79 bits per heavy atom. The van der Waals surface area contributed by atoms with Crippen molar-refractivity contribution < 1.29 is 9.90 Å². The summed E-state index contributed by atoms with van der Waals surface area (Å²) < 4.78 is 8.23. The largest absolute Gasteiger partial charge is 0.400 e. The van der Waals surface area contributed by atoms with E-state index < -0.39 is 0 Å². The molecule has 0 atom stereocenters. The fraction of sp³-hybridized carbons (Fsp3) is 0.409. The van der Waals surface area contributed by atoms with Crippen LogP contribution >= 0.6 is 11.5 Å². The molecule has 0 bridgehead atoms. The number of imidazole rings is 1. The number of piperidine rings is 1. The molecule has 0 aromatic carbocycles. The molecular weight excluding hydrogens is 440 g/mol. The second-order valence-corrected chi connectivity index (χ2v) is 8.63. The predicted molar refractivity (Wildman–Crippen MR) is 128 cm³/mol. The summed E-state index contributed by atoms with van der Waals surface area (Å²) in [5.41, 5.74) is 4.48. The maximum atomic E-state index is 10.8. The normalized spacial score (nSPS) is 14.2. The number of rotatable bonds is 7. The van der Waals surface area contributed by atoms with E-state index in [1.165, 1.54) is 30.8 Å². The fourth-order valence-corrected chi connectivity index (χ4v) is 4.64. The molecule has 1 aliphatic heterocycles. The molecule has 0 aliphatic carbocycles. The zero-order valence-electron chi connectivity index (χ0n) is 18.8. The third-order valence-electron chi connectivity index (χ3n) is 5.44. The number of carbonyl (C=O) groups excluding carboxylic acids is 1. The molecule has 33 heavy (non-hydrogen) atoms. The molecule has 5 rings (SSSR count). The van der Waals surface area contributed by atoms with Gasteiger partial charge in [0.1, 0.15) is 11.3 Å². The lowest BCUT2D eigenvalue weighted by Crippen LogP contribution is -2.29. The second-order valence-electron chi connectivity index (χ2n) is 7.83. The van der Waals surface area contributed by atoms with Crippen molar-refractivity contribution in [2.75, 3.05) is 25.5 Å². The number of aliphatic hydroxyl groups is 1. The van der Waals surface area contributed by atoms with E-state index >= 15 is 0 Å². The van der Waals surface area contributed by atoms with E-state index in [9.17, 15) is 4.79 Å². The minimum atomic E-state index is 0.231. The quantitative estimate of drug-likeness (QED) is 0.398. The smallest absolute Gasteiger partial charge is 0.180 e. The molecule has 1 aliphatic rings. The van der Waals surface area contributed by atoms with Gasteiger partial charge in [-0.1, -0.05) is 6.42 Å². The Morgan fingerprint density at radius 1 is 1.18 bits per heavy atom. The first-order chi connectivity index (χ1) is 16.2. The molecule has 1 saturated heterocycles. The van der Waals surface area contributed by atoms with Gasteiger partial charge >= 0.3 is 0 Å². The monoisotopic (exact) mass is 468 g/mol. The van der Waals surface area contributed by atoms with Gasteiger partial charge in [0.05, 0.1) is 36.0 Å². The molecule has 10 nitrogen and oxygen atoms in total. The van der Waals surface area contributed by atoms with E-state index in [1.807, 2.05) is 23.7 Å². The van der Waals surface area contributed by atoms with Crippen LogP contribution in [0.2, 0.25) is 0 Å². The first kappa shape index (κ1) is 23.0. The number of anilines is 2. The lowest BCUT2D eigenvalue weighted by Gasteiger charge is -2.25. The molecule has 0 saturated carbocycles. The van der Waals surface area contributed by atoms with Crippen molar-refractivity contribution in [1.82, 2.24) is 33.4 Å². The van der Waals surface area contributed by atoms with Crippen LogP contribution in [0.4, 0.5) is 10.8 Å². The highest BCUT2D eigenvalue weighted by atomic mass is 32.1. The van der Waals surface area contributed by atoms with Crippen molar-refractivity contribution in [3.63, 3.8) is 0 Å². The molecule has 0 spiro atoms. The number of hydrogen-bond donors (Lipinski definition) is 2. The maximum absolute atomic E-state index is 10.8. The molecule has 4 aromatic heterocycles. The third-order valence-corrected chi connectivity index (χ3v) is 6.18. The van der Waals surface area contributed by atoms with Crippen LogP contribution in [0.1, 0.15) is 30.7 Å². The van der Waals surface area contributed by atoms with Gasteiger partial charge in [0.2, 0.25) is 0 Å². The number of aryl methyl sites for hydroxylation is 1. The number of nitrogens with zero attached hydrogens (tertiary/aromatic N) is 7. The Kier molecular flexibility index (Phi) is 7.43. The van der Waals surface area contributed by atoms with Crippen LogP contribution in [0.15, 0.2) is 30.9 Å². The minimum Gasteiger partial charge on any atom is -0.400 e. The van der Waals surface area contributed by atoms with Gasteiger partial charge in [-0.05, 0) is 50.5 Å². The maximum Gasteiger partial charge on any atom is 0.180 e. The van der Waals surface area contributed by atoms with Crippen LogP contribution < -0.4 is 5.32 Å². The summed E-state index contributed by atoms with van der Waals surface area (Å²) in [6, 6.07) is 2.10. The summed E-state index contributed by atoms with van der Waals surface area (Å²) in [7, 11) is 1.00. The van der Waals surface area contributed by atoms with Gasteiger partial charge < -0.3 is 15.2 Å². The van der Waals surface area contributed by atoms with Crippen LogP contribution in [0.3, 0.4) is 0 Å². The van der Waals surface area contributed by atoms with Crippen LogP contribution in [-0.2, 0) is 17.9 Å². The summed E-state index contributed by atoms with van der Waals surface area (Å²) >= 11 is 1.45. The second kappa shape index (κ2) is 10.6. The van der Waals surface area contributed by atoms with E-state index in [0.717, 1.165) is 66.3 Å². The number of likely N-dealkylation sites (tertiary alicyclic amines) is 1. The van der Waals surface area contributed by atoms with Gasteiger partial charge in [-0.25, -0.2) is 9.97 Å². The van der Waals surface area contributed by atoms with E-state index in [2.05, 4.69) is 35.7 Å². The molecule has 174 valence electrons. The van der Waals surface area contributed by atoms with E-state index in [4.69, 9.17) is 5.11 Å². The van der Waals surface area contributed by atoms with Gasteiger partial charge in [-0.15, -0.1) is 0 Å². The highest BCUT2D eigenvalue weighted by Gasteiger charge is 2.16. The van der Waals surface area contributed by atoms with Crippen molar-refractivity contribution in [2.45, 2.75) is 39.3 Å². The number of hydrogen-bond acceptors (Lipinski definition) is 9. The number of aliphatic hydroxyl groups excluding tert-OH is 1. The fourth-order valence-electron chi connectivity index (χ4n) is 3.99. The summed E-state index contributed by atoms with van der Waals surface area (Å²) in [6.07, 6.45) is 12.1. The lowest BCUT2D eigenvalue weighted by molar-refractivity contribution is -0.108. The van der Waals surface area contributed by atoms with Crippen LogP contribution in [-0.4, -0.2) is 65.0 Å². The number of aldehydes is 1. The van der Waals surface area contributed by atoms with Gasteiger partial charge in [0.25, 0.3) is 0 Å². The number of nitrogens with one attached hydrogen (secondary N) is 1. The SMILES string of the molecule is CO.Cc1cn2c(-c3cnn(CC=O)c3)cnc2c(Nc2cc(CN3CCCCC3)ns2)n1. The van der Waals surface area contributed by atoms with Crippen molar-refractivity contribution in [1.29, 1.82) is 0 Å². The number of aromatic nitrogens is 6. The highest BCUT2D eigenvalue weighted by molar-refractivity contribution is 7.10. The molecule has 2 N–H and O–H groups in total. The molecular formula is C22H28N8O2S. The summed E-state index contributed by atoms with van der Waals surface area (Å²) in [6.45, 7) is 5.39. The summed E-state index contributed by atoms with van der Waals surface area (Å²) in [4.78, 5) is 22.5. The Bertz CT molecular complexity index is 1210. The van der Waals surface area contributed by atoms with Gasteiger partial charge in [0.15, 0.2) is 11.5 Å². The zero-order valence-corrected chi connectivity index (χ0v) is 19.6.